The van der Waals surface area contributed by atoms with E-state index in [9.17, 15) is 9.59 Å². The van der Waals surface area contributed by atoms with Crippen molar-refractivity contribution < 1.29 is 14.3 Å². The molecular weight excluding hydrogens is 228 g/mol. The normalized spacial score (nSPS) is 50.9. The summed E-state index contributed by atoms with van der Waals surface area (Å²) in [7, 11) is 0. The minimum absolute atomic E-state index is 0.140. The minimum atomic E-state index is -0.256. The van der Waals surface area contributed by atoms with Crippen LogP contribution in [0.5, 0.6) is 0 Å². The van der Waals surface area contributed by atoms with E-state index in [1.807, 2.05) is 0 Å². The van der Waals surface area contributed by atoms with E-state index in [0.29, 0.717) is 23.7 Å². The summed E-state index contributed by atoms with van der Waals surface area (Å²) in [6.07, 6.45) is 8.03. The molecule has 0 N–H and O–H groups in total. The Labute approximate surface area is 105 Å². The van der Waals surface area contributed by atoms with E-state index in [1.54, 1.807) is 0 Å². The lowest BCUT2D eigenvalue weighted by Gasteiger charge is -2.33. The average Bonchev–Trinajstić information content (AvgIpc) is 3.04. The summed E-state index contributed by atoms with van der Waals surface area (Å²) in [4.78, 5) is 23.7. The number of ether oxygens (including phenoxy) is 1. The molecule has 1 saturated carbocycles. The SMILES string of the molecule is O=C1OC(=O)[C@H]2[C@@H]1[C@@H]1C[C@H]2C2=C1C[C@@H]1C=C[C@H]2C1. The van der Waals surface area contributed by atoms with Crippen LogP contribution in [0.4, 0.5) is 0 Å². The summed E-state index contributed by atoms with van der Waals surface area (Å²) in [6.45, 7) is 0. The molecule has 92 valence electrons. The Kier molecular flexibility index (Phi) is 1.48. The van der Waals surface area contributed by atoms with Crippen molar-refractivity contribution in [3.8, 4) is 0 Å². The van der Waals surface area contributed by atoms with Crippen LogP contribution in [-0.2, 0) is 14.3 Å². The lowest BCUT2D eigenvalue weighted by atomic mass is 9.69. The fourth-order valence-electron chi connectivity index (χ4n) is 5.28. The van der Waals surface area contributed by atoms with Crippen LogP contribution in [-0.4, -0.2) is 11.9 Å². The Balaban J connectivity index is 1.66. The van der Waals surface area contributed by atoms with Crippen molar-refractivity contribution >= 4 is 11.9 Å². The summed E-state index contributed by atoms with van der Waals surface area (Å²) < 4.78 is 4.87. The van der Waals surface area contributed by atoms with Gasteiger partial charge in [-0.2, -0.15) is 0 Å². The molecule has 0 aromatic heterocycles. The van der Waals surface area contributed by atoms with Crippen LogP contribution in [0.25, 0.3) is 0 Å². The second-order valence-corrected chi connectivity index (χ2v) is 6.41. The number of carbonyl (C=O) groups excluding carboxylic acids is 2. The molecule has 1 heterocycles. The van der Waals surface area contributed by atoms with Gasteiger partial charge in [0, 0.05) is 0 Å². The highest BCUT2D eigenvalue weighted by atomic mass is 16.6. The van der Waals surface area contributed by atoms with Crippen molar-refractivity contribution in [2.75, 3.05) is 0 Å². The number of esters is 2. The predicted octanol–water partition coefficient (Wildman–Crippen LogP) is 1.84. The number of carbonyl (C=O) groups is 2. The molecule has 2 fully saturated rings. The molecule has 18 heavy (non-hydrogen) atoms. The average molecular weight is 242 g/mol. The van der Waals surface area contributed by atoms with Gasteiger partial charge in [-0.15, -0.1) is 0 Å². The Morgan fingerprint density at radius 2 is 1.78 bits per heavy atom. The quantitative estimate of drug-likeness (QED) is 0.370. The van der Waals surface area contributed by atoms with Crippen LogP contribution in [0.2, 0.25) is 0 Å². The molecule has 3 heteroatoms. The van der Waals surface area contributed by atoms with Gasteiger partial charge in [0.05, 0.1) is 11.8 Å². The van der Waals surface area contributed by atoms with E-state index in [2.05, 4.69) is 12.2 Å². The number of hydrogen-bond acceptors (Lipinski definition) is 3. The zero-order chi connectivity index (χ0) is 12.0. The molecule has 0 aromatic carbocycles. The maximum Gasteiger partial charge on any atom is 0.318 e. The van der Waals surface area contributed by atoms with Crippen molar-refractivity contribution in [1.29, 1.82) is 0 Å². The molecule has 0 aromatic rings. The van der Waals surface area contributed by atoms with Crippen LogP contribution in [0.1, 0.15) is 19.3 Å². The van der Waals surface area contributed by atoms with E-state index in [1.165, 1.54) is 17.6 Å². The summed E-state index contributed by atoms with van der Waals surface area (Å²) >= 11 is 0. The van der Waals surface area contributed by atoms with Crippen molar-refractivity contribution in [2.24, 2.45) is 35.5 Å². The molecule has 0 unspecified atom stereocenters. The molecule has 3 nitrogen and oxygen atoms in total. The number of allylic oxidation sites excluding steroid dienone is 4. The number of hydrogen-bond donors (Lipinski definition) is 0. The van der Waals surface area contributed by atoms with Gasteiger partial charge in [0.25, 0.3) is 0 Å². The molecule has 5 rings (SSSR count). The maximum absolute atomic E-state index is 11.9. The van der Waals surface area contributed by atoms with E-state index in [4.69, 9.17) is 4.74 Å². The van der Waals surface area contributed by atoms with Crippen LogP contribution in [0, 0.1) is 35.5 Å². The largest absolute Gasteiger partial charge is 0.393 e. The topological polar surface area (TPSA) is 43.4 Å². The monoisotopic (exact) mass is 242 g/mol. The summed E-state index contributed by atoms with van der Waals surface area (Å²) in [6, 6.07) is 0. The second-order valence-electron chi connectivity index (χ2n) is 6.41. The summed E-state index contributed by atoms with van der Waals surface area (Å²) in [5.74, 6) is 1.06. The molecule has 0 radical (unpaired) electrons. The third kappa shape index (κ3) is 0.877. The second kappa shape index (κ2) is 2.79. The minimum Gasteiger partial charge on any atom is -0.393 e. The standard InChI is InChI=1S/C15H14O3/c16-14-12-9-5-10(13(12)15(17)18-14)11-7-2-1-6(3-7)4-8(9)11/h1-2,6-7,9-10,12-13H,3-5H2/t6-,7+,9-,10+,12+,13-/m1/s1. The Morgan fingerprint density at radius 1 is 1.00 bits per heavy atom. The fourth-order valence-corrected chi connectivity index (χ4v) is 5.28. The summed E-state index contributed by atoms with van der Waals surface area (Å²) in [5.41, 5.74) is 3.03. The Bertz CT molecular complexity index is 556. The van der Waals surface area contributed by atoms with E-state index in [-0.39, 0.29) is 23.8 Å². The first-order chi connectivity index (χ1) is 8.74. The van der Waals surface area contributed by atoms with Crippen LogP contribution >= 0.6 is 0 Å². The molecule has 6 atom stereocenters. The van der Waals surface area contributed by atoms with Crippen LogP contribution in [0.3, 0.4) is 0 Å². The van der Waals surface area contributed by atoms with Gasteiger partial charge in [-0.05, 0) is 42.9 Å². The summed E-state index contributed by atoms with van der Waals surface area (Å²) in [5, 5.41) is 0. The van der Waals surface area contributed by atoms with Gasteiger partial charge in [0.2, 0.25) is 0 Å². The van der Waals surface area contributed by atoms with Crippen molar-refractivity contribution in [3.05, 3.63) is 23.3 Å². The van der Waals surface area contributed by atoms with Gasteiger partial charge in [0.1, 0.15) is 0 Å². The first-order valence-corrected chi connectivity index (χ1v) is 6.90. The van der Waals surface area contributed by atoms with Crippen molar-refractivity contribution in [1.82, 2.24) is 0 Å². The van der Waals surface area contributed by atoms with Gasteiger partial charge in [-0.1, -0.05) is 23.3 Å². The Morgan fingerprint density at radius 3 is 2.61 bits per heavy atom. The highest BCUT2D eigenvalue weighted by Crippen LogP contribution is 2.64. The van der Waals surface area contributed by atoms with Crippen molar-refractivity contribution in [2.45, 2.75) is 19.3 Å². The lowest BCUT2D eigenvalue weighted by Crippen LogP contribution is -2.31. The molecule has 5 aliphatic rings. The van der Waals surface area contributed by atoms with Crippen molar-refractivity contribution in [3.63, 3.8) is 0 Å². The van der Waals surface area contributed by atoms with Gasteiger partial charge < -0.3 is 4.74 Å². The molecule has 0 amide bonds. The molecule has 1 aliphatic heterocycles. The fraction of sp³-hybridized carbons (Fsp3) is 0.600. The maximum atomic E-state index is 11.9. The highest BCUT2D eigenvalue weighted by molar-refractivity contribution is 5.98. The van der Waals surface area contributed by atoms with Gasteiger partial charge in [-0.3, -0.25) is 9.59 Å². The van der Waals surface area contributed by atoms with Crippen LogP contribution in [0.15, 0.2) is 23.3 Å². The third-order valence-corrected chi connectivity index (χ3v) is 5.78. The predicted molar refractivity (Wildman–Crippen MR) is 62.1 cm³/mol. The zero-order valence-corrected chi connectivity index (χ0v) is 9.96. The van der Waals surface area contributed by atoms with E-state index < -0.39 is 0 Å². The number of rotatable bonds is 0. The molecular formula is C15H14O3. The Hall–Kier alpha value is -1.38. The highest BCUT2D eigenvalue weighted by Gasteiger charge is 2.64. The van der Waals surface area contributed by atoms with Gasteiger partial charge in [0.15, 0.2) is 0 Å². The number of fused-ring (bicyclic) bond motifs is 10. The smallest absolute Gasteiger partial charge is 0.318 e. The van der Waals surface area contributed by atoms with E-state index >= 15 is 0 Å². The molecule has 0 spiro atoms. The van der Waals surface area contributed by atoms with Gasteiger partial charge >= 0.3 is 11.9 Å². The molecule has 4 aliphatic carbocycles. The third-order valence-electron chi connectivity index (χ3n) is 5.78. The zero-order valence-electron chi connectivity index (χ0n) is 9.96. The first kappa shape index (κ1) is 9.54. The molecule has 1 saturated heterocycles. The first-order valence-electron chi connectivity index (χ1n) is 6.90. The number of cyclic esters (lactones) is 2. The molecule has 4 bridgehead atoms. The van der Waals surface area contributed by atoms with Crippen LogP contribution < -0.4 is 0 Å². The van der Waals surface area contributed by atoms with E-state index in [0.717, 1.165) is 12.8 Å². The van der Waals surface area contributed by atoms with Gasteiger partial charge in [-0.25, -0.2) is 0 Å². The lowest BCUT2D eigenvalue weighted by molar-refractivity contribution is -0.154.